The molecule has 5 nitrogen and oxygen atoms in total. The lowest BCUT2D eigenvalue weighted by Crippen LogP contribution is -2.26. The van der Waals surface area contributed by atoms with Crippen molar-refractivity contribution in [2.45, 2.75) is 13.0 Å². The van der Waals surface area contributed by atoms with E-state index in [0.717, 1.165) is 16.7 Å². The Balaban J connectivity index is 2.39. The lowest BCUT2D eigenvalue weighted by Gasteiger charge is -2.17. The number of ether oxygens (including phenoxy) is 2. The van der Waals surface area contributed by atoms with E-state index in [9.17, 15) is 15.0 Å². The van der Waals surface area contributed by atoms with Crippen molar-refractivity contribution in [3.63, 3.8) is 0 Å². The van der Waals surface area contributed by atoms with E-state index in [-0.39, 0.29) is 18.8 Å². The number of aliphatic hydroxyl groups is 1. The van der Waals surface area contributed by atoms with E-state index in [1.807, 2.05) is 31.2 Å². The van der Waals surface area contributed by atoms with Crippen LogP contribution in [0.2, 0.25) is 0 Å². The minimum atomic E-state index is -1.03. The summed E-state index contributed by atoms with van der Waals surface area (Å²) < 4.78 is 10.6. The molecule has 2 aromatic carbocycles. The summed E-state index contributed by atoms with van der Waals surface area (Å²) in [5, 5.41) is 18.6. The molecule has 23 heavy (non-hydrogen) atoms. The van der Waals surface area contributed by atoms with Crippen LogP contribution in [-0.2, 0) is 4.74 Å². The Morgan fingerprint density at radius 3 is 2.39 bits per heavy atom. The van der Waals surface area contributed by atoms with Crippen LogP contribution in [0.4, 0.5) is 0 Å². The zero-order valence-corrected chi connectivity index (χ0v) is 13.2. The van der Waals surface area contributed by atoms with E-state index in [4.69, 9.17) is 9.47 Å². The second-order valence-corrected chi connectivity index (χ2v) is 5.30. The molecule has 0 spiro atoms. The summed E-state index contributed by atoms with van der Waals surface area (Å²) in [6.07, 6.45) is -0.546. The maximum absolute atomic E-state index is 11.3. The average molecular weight is 316 g/mol. The second kappa shape index (κ2) is 7.76. The average Bonchev–Trinajstić information content (AvgIpc) is 2.54. The molecule has 0 bridgehead atoms. The number of benzene rings is 2. The van der Waals surface area contributed by atoms with Crippen LogP contribution in [0.5, 0.6) is 5.75 Å². The Bertz CT molecular complexity index is 664. The number of aliphatic hydroxyl groups excluding tert-OH is 1. The first-order valence-corrected chi connectivity index (χ1v) is 7.25. The Morgan fingerprint density at radius 1 is 1.13 bits per heavy atom. The van der Waals surface area contributed by atoms with Gasteiger partial charge in [-0.05, 0) is 36.2 Å². The zero-order chi connectivity index (χ0) is 16.8. The van der Waals surface area contributed by atoms with E-state index in [1.165, 1.54) is 13.2 Å². The van der Waals surface area contributed by atoms with Gasteiger partial charge in [0.05, 0.1) is 18.8 Å². The third-order valence-electron chi connectivity index (χ3n) is 3.40. The first-order valence-electron chi connectivity index (χ1n) is 7.25. The van der Waals surface area contributed by atoms with Crippen molar-refractivity contribution in [2.24, 2.45) is 0 Å². The summed E-state index contributed by atoms with van der Waals surface area (Å²) >= 11 is 0. The summed E-state index contributed by atoms with van der Waals surface area (Å²) in [5.41, 5.74) is 2.90. The number of hydrogen-bond donors (Lipinski definition) is 2. The monoisotopic (exact) mass is 316 g/mol. The van der Waals surface area contributed by atoms with Gasteiger partial charge in [-0.25, -0.2) is 4.79 Å². The van der Waals surface area contributed by atoms with Crippen molar-refractivity contribution in [1.29, 1.82) is 0 Å². The topological polar surface area (TPSA) is 76.0 Å². The predicted molar refractivity (Wildman–Crippen MR) is 87.0 cm³/mol. The van der Waals surface area contributed by atoms with Gasteiger partial charge in [0, 0.05) is 7.11 Å². The Hall–Kier alpha value is -2.37. The van der Waals surface area contributed by atoms with Crippen LogP contribution in [0.25, 0.3) is 11.1 Å². The fraction of sp³-hybridized carbons (Fsp3) is 0.278. The molecule has 5 heteroatoms. The van der Waals surface area contributed by atoms with Crippen LogP contribution in [0.3, 0.4) is 0 Å². The van der Waals surface area contributed by atoms with Crippen molar-refractivity contribution in [3.05, 3.63) is 53.6 Å². The number of carbonyl (C=O) groups is 1. The quantitative estimate of drug-likeness (QED) is 0.821. The van der Waals surface area contributed by atoms with Crippen molar-refractivity contribution in [1.82, 2.24) is 0 Å². The normalized spacial score (nSPS) is 12.0. The highest BCUT2D eigenvalue weighted by Gasteiger charge is 2.13. The molecule has 122 valence electrons. The van der Waals surface area contributed by atoms with Crippen LogP contribution >= 0.6 is 0 Å². The number of methoxy groups -OCH3 is 1. The van der Waals surface area contributed by atoms with Crippen LogP contribution in [-0.4, -0.2) is 42.6 Å². The van der Waals surface area contributed by atoms with Crippen molar-refractivity contribution >= 4 is 5.97 Å². The fourth-order valence-corrected chi connectivity index (χ4v) is 2.21. The summed E-state index contributed by atoms with van der Waals surface area (Å²) in [6.45, 7) is 1.99. The molecule has 0 aliphatic carbocycles. The molecular formula is C18H20O5. The first kappa shape index (κ1) is 17.0. The molecule has 2 aromatic rings. The molecule has 0 aromatic heterocycles. The third kappa shape index (κ3) is 4.55. The summed E-state index contributed by atoms with van der Waals surface area (Å²) in [7, 11) is 1.51. The largest absolute Gasteiger partial charge is 0.486 e. The van der Waals surface area contributed by atoms with Crippen molar-refractivity contribution in [2.75, 3.05) is 20.3 Å². The van der Waals surface area contributed by atoms with E-state index in [0.29, 0.717) is 5.75 Å². The van der Waals surface area contributed by atoms with E-state index >= 15 is 0 Å². The van der Waals surface area contributed by atoms with Gasteiger partial charge in [0.1, 0.15) is 11.9 Å². The molecule has 0 aliphatic heterocycles. The molecule has 2 N–H and O–H groups in total. The number of aromatic carboxylic acids is 1. The van der Waals surface area contributed by atoms with E-state index < -0.39 is 12.1 Å². The van der Waals surface area contributed by atoms with Gasteiger partial charge in [-0.1, -0.05) is 29.8 Å². The van der Waals surface area contributed by atoms with E-state index in [2.05, 4.69) is 0 Å². The highest BCUT2D eigenvalue weighted by atomic mass is 16.5. The maximum atomic E-state index is 11.3. The number of aryl methyl sites for hydroxylation is 1. The van der Waals surface area contributed by atoms with Crippen LogP contribution in [0.1, 0.15) is 15.9 Å². The summed E-state index contributed by atoms with van der Waals surface area (Å²) in [4.78, 5) is 11.3. The van der Waals surface area contributed by atoms with Gasteiger partial charge in [0.25, 0.3) is 0 Å². The van der Waals surface area contributed by atoms with Crippen LogP contribution in [0.15, 0.2) is 42.5 Å². The summed E-state index contributed by atoms with van der Waals surface area (Å²) in [6, 6.07) is 12.6. The molecule has 0 radical (unpaired) electrons. The van der Waals surface area contributed by atoms with Gasteiger partial charge in [-0.2, -0.15) is 0 Å². The van der Waals surface area contributed by atoms with Crippen molar-refractivity contribution in [3.8, 4) is 16.9 Å². The number of hydrogen-bond acceptors (Lipinski definition) is 4. The Morgan fingerprint density at radius 2 is 1.83 bits per heavy atom. The zero-order valence-electron chi connectivity index (χ0n) is 13.2. The van der Waals surface area contributed by atoms with Gasteiger partial charge in [-0.15, -0.1) is 0 Å². The van der Waals surface area contributed by atoms with Gasteiger partial charge >= 0.3 is 5.97 Å². The highest BCUT2D eigenvalue weighted by Crippen LogP contribution is 2.27. The van der Waals surface area contributed by atoms with Gasteiger partial charge in [0.2, 0.25) is 0 Å². The molecule has 1 unspecified atom stereocenters. The lowest BCUT2D eigenvalue weighted by molar-refractivity contribution is 0.0412. The number of carboxylic acid groups (broad SMARTS) is 1. The van der Waals surface area contributed by atoms with Gasteiger partial charge in [0.15, 0.2) is 0 Å². The molecule has 0 amide bonds. The van der Waals surface area contributed by atoms with Crippen LogP contribution in [0, 0.1) is 6.92 Å². The molecule has 0 aliphatic rings. The highest BCUT2D eigenvalue weighted by molar-refractivity contribution is 5.90. The smallest absolute Gasteiger partial charge is 0.335 e. The van der Waals surface area contributed by atoms with E-state index in [1.54, 1.807) is 12.1 Å². The third-order valence-corrected chi connectivity index (χ3v) is 3.40. The SMILES string of the molecule is COCC(CO)Oc1cc(C(=O)O)cc(-c2ccc(C)cc2)c1. The fourth-order valence-electron chi connectivity index (χ4n) is 2.21. The number of carboxylic acids is 1. The number of rotatable bonds is 7. The predicted octanol–water partition coefficient (Wildman–Crippen LogP) is 2.75. The molecule has 0 saturated carbocycles. The van der Waals surface area contributed by atoms with Gasteiger partial charge < -0.3 is 19.7 Å². The molecule has 0 fully saturated rings. The standard InChI is InChI=1S/C18H20O5/c1-12-3-5-13(6-4-12)14-7-15(18(20)21)9-16(8-14)23-17(10-19)11-22-2/h3-9,17,19H,10-11H2,1-2H3,(H,20,21). The minimum absolute atomic E-state index is 0.132. The molecule has 1 atom stereocenters. The van der Waals surface area contributed by atoms with Gasteiger partial charge in [-0.3, -0.25) is 0 Å². The second-order valence-electron chi connectivity index (χ2n) is 5.30. The lowest BCUT2D eigenvalue weighted by atomic mass is 10.0. The molecule has 2 rings (SSSR count). The van der Waals surface area contributed by atoms with Crippen molar-refractivity contribution < 1.29 is 24.5 Å². The molecule has 0 saturated heterocycles. The van der Waals surface area contributed by atoms with Crippen LogP contribution < -0.4 is 4.74 Å². The Kier molecular flexibility index (Phi) is 5.73. The minimum Gasteiger partial charge on any atom is -0.486 e. The first-order chi connectivity index (χ1) is 11.0. The molecule has 0 heterocycles. The maximum Gasteiger partial charge on any atom is 0.335 e. The Labute approximate surface area is 135 Å². The summed E-state index contributed by atoms with van der Waals surface area (Å²) in [5.74, 6) is -0.646. The molecular weight excluding hydrogens is 296 g/mol.